The second-order valence-electron chi connectivity index (χ2n) is 7.76. The van der Waals surface area contributed by atoms with Gasteiger partial charge in [0.2, 0.25) is 0 Å². The van der Waals surface area contributed by atoms with Crippen LogP contribution in [0.25, 0.3) is 0 Å². The third kappa shape index (κ3) is 5.88. The maximum absolute atomic E-state index is 13.9. The van der Waals surface area contributed by atoms with Gasteiger partial charge in [0, 0.05) is 4.11 Å². The molecule has 1 fully saturated rings. The standard InChI is InChI=1S/C25H30F3NO2/c1-3-19-14-21(10-11-22(19)15-30)17(2)29-31-16-18-9-12-23(20-7-5-4-6-8-20)24(13-18)25(26,27)28/h9-14,20,30H,3-8,15-16H2,1-2H3/b29-17+/i2D3,16D2. The Bertz CT molecular complexity index is 1090. The Morgan fingerprint density at radius 3 is 2.58 bits per heavy atom. The average Bonchev–Trinajstić information content (AvgIpc) is 2.82. The third-order valence-corrected chi connectivity index (χ3v) is 5.74. The minimum absolute atomic E-state index is 0.142. The molecule has 31 heavy (non-hydrogen) atoms. The summed E-state index contributed by atoms with van der Waals surface area (Å²) in [6.45, 7) is -4.01. The summed E-state index contributed by atoms with van der Waals surface area (Å²) in [5, 5.41) is 13.0. The lowest BCUT2D eigenvalue weighted by Gasteiger charge is -2.25. The topological polar surface area (TPSA) is 41.8 Å². The van der Waals surface area contributed by atoms with Gasteiger partial charge in [-0.3, -0.25) is 0 Å². The lowest BCUT2D eigenvalue weighted by Crippen LogP contribution is -2.15. The first-order valence-electron chi connectivity index (χ1n) is 13.0. The van der Waals surface area contributed by atoms with Crippen LogP contribution in [0.2, 0.25) is 0 Å². The van der Waals surface area contributed by atoms with Crippen LogP contribution >= 0.6 is 0 Å². The van der Waals surface area contributed by atoms with Gasteiger partial charge in [-0.25, -0.2) is 0 Å². The van der Waals surface area contributed by atoms with E-state index in [1.165, 1.54) is 24.3 Å². The number of hydrogen-bond donors (Lipinski definition) is 1. The van der Waals surface area contributed by atoms with E-state index in [0.717, 1.165) is 25.3 Å². The zero-order valence-corrected chi connectivity index (χ0v) is 17.4. The van der Waals surface area contributed by atoms with E-state index in [-0.39, 0.29) is 23.7 Å². The van der Waals surface area contributed by atoms with E-state index in [1.807, 2.05) is 6.92 Å². The average molecular weight is 439 g/mol. The largest absolute Gasteiger partial charge is 0.416 e. The summed E-state index contributed by atoms with van der Waals surface area (Å²) in [7, 11) is 0. The highest BCUT2D eigenvalue weighted by molar-refractivity contribution is 5.98. The number of rotatable bonds is 7. The molecular weight excluding hydrogens is 403 g/mol. The fraction of sp³-hybridized carbons (Fsp3) is 0.480. The zero-order chi connectivity index (χ0) is 26.7. The number of benzene rings is 2. The second-order valence-corrected chi connectivity index (χ2v) is 7.76. The summed E-state index contributed by atoms with van der Waals surface area (Å²) < 4.78 is 81.7. The van der Waals surface area contributed by atoms with Gasteiger partial charge in [0.1, 0.15) is 6.56 Å². The van der Waals surface area contributed by atoms with Gasteiger partial charge in [-0.05, 0) is 72.0 Å². The van der Waals surface area contributed by atoms with Gasteiger partial charge >= 0.3 is 6.18 Å². The molecule has 0 saturated heterocycles. The van der Waals surface area contributed by atoms with Gasteiger partial charge in [0.25, 0.3) is 0 Å². The highest BCUT2D eigenvalue weighted by Crippen LogP contribution is 2.41. The molecule has 3 nitrogen and oxygen atoms in total. The van der Waals surface area contributed by atoms with Crippen molar-refractivity contribution < 1.29 is 30.0 Å². The van der Waals surface area contributed by atoms with Gasteiger partial charge in [-0.2, -0.15) is 13.2 Å². The number of aliphatic hydroxyl groups is 1. The van der Waals surface area contributed by atoms with Crippen LogP contribution in [0.3, 0.4) is 0 Å². The number of halogens is 3. The predicted molar refractivity (Wildman–Crippen MR) is 116 cm³/mol. The third-order valence-electron chi connectivity index (χ3n) is 5.74. The van der Waals surface area contributed by atoms with E-state index in [4.69, 9.17) is 11.7 Å². The minimum Gasteiger partial charge on any atom is -0.392 e. The van der Waals surface area contributed by atoms with Gasteiger partial charge in [0.05, 0.1) is 20.6 Å². The van der Waals surface area contributed by atoms with Crippen LogP contribution in [-0.2, 0) is 30.6 Å². The molecule has 0 amide bonds. The van der Waals surface area contributed by atoms with Crippen molar-refractivity contribution in [2.45, 2.75) is 77.6 Å². The molecule has 2 aromatic rings. The van der Waals surface area contributed by atoms with Crippen molar-refractivity contribution in [2.75, 3.05) is 0 Å². The summed E-state index contributed by atoms with van der Waals surface area (Å²) in [6.07, 6.45) is -0.207. The molecular formula is C25H30F3NO2. The molecule has 0 aliphatic heterocycles. The molecule has 0 unspecified atom stereocenters. The molecule has 0 spiro atoms. The normalized spacial score (nSPS) is 19.1. The molecule has 1 aliphatic rings. The smallest absolute Gasteiger partial charge is 0.392 e. The van der Waals surface area contributed by atoms with Crippen LogP contribution < -0.4 is 0 Å². The van der Waals surface area contributed by atoms with Crippen LogP contribution in [0, 0.1) is 0 Å². The Labute approximate surface area is 189 Å². The molecule has 0 aromatic heterocycles. The summed E-state index contributed by atoms with van der Waals surface area (Å²) in [6, 6.07) is 7.77. The van der Waals surface area contributed by atoms with Crippen molar-refractivity contribution in [3.8, 4) is 0 Å². The van der Waals surface area contributed by atoms with E-state index in [9.17, 15) is 18.3 Å². The fourth-order valence-electron chi connectivity index (χ4n) is 4.07. The van der Waals surface area contributed by atoms with E-state index in [2.05, 4.69) is 5.16 Å². The van der Waals surface area contributed by atoms with E-state index < -0.39 is 36.4 Å². The van der Waals surface area contributed by atoms with Gasteiger partial charge < -0.3 is 9.94 Å². The molecule has 3 rings (SSSR count). The Hall–Kier alpha value is -2.34. The number of oxime groups is 1. The molecule has 0 radical (unpaired) electrons. The molecule has 0 heterocycles. The van der Waals surface area contributed by atoms with Gasteiger partial charge in [-0.1, -0.05) is 55.6 Å². The van der Waals surface area contributed by atoms with E-state index in [1.54, 1.807) is 6.07 Å². The van der Waals surface area contributed by atoms with Crippen molar-refractivity contribution in [3.05, 3.63) is 69.8 Å². The lowest BCUT2D eigenvalue weighted by molar-refractivity contribution is -0.138. The first-order chi connectivity index (χ1) is 16.8. The summed E-state index contributed by atoms with van der Waals surface area (Å²) in [4.78, 5) is 4.99. The maximum Gasteiger partial charge on any atom is 0.416 e. The number of aliphatic hydroxyl groups excluding tert-OH is 1. The van der Waals surface area contributed by atoms with Crippen molar-refractivity contribution in [1.29, 1.82) is 0 Å². The molecule has 168 valence electrons. The molecule has 1 saturated carbocycles. The predicted octanol–water partition coefficient (Wildman–Crippen LogP) is 6.75. The second kappa shape index (κ2) is 10.3. The summed E-state index contributed by atoms with van der Waals surface area (Å²) in [5.41, 5.74) is -0.281. The fourth-order valence-corrected chi connectivity index (χ4v) is 4.07. The molecule has 6 heteroatoms. The Morgan fingerprint density at radius 1 is 1.16 bits per heavy atom. The van der Waals surface area contributed by atoms with Crippen LogP contribution in [0.1, 0.15) is 92.0 Å². The van der Waals surface area contributed by atoms with Crippen LogP contribution in [0.15, 0.2) is 41.6 Å². The highest BCUT2D eigenvalue weighted by Gasteiger charge is 2.35. The molecule has 1 N–H and O–H groups in total. The Kier molecular flexibility index (Phi) is 5.74. The van der Waals surface area contributed by atoms with Gasteiger partial charge in [-0.15, -0.1) is 0 Å². The molecule has 0 bridgehead atoms. The molecule has 0 atom stereocenters. The van der Waals surface area contributed by atoms with E-state index in [0.29, 0.717) is 30.4 Å². The Morgan fingerprint density at radius 2 is 1.94 bits per heavy atom. The number of hydrogen-bond acceptors (Lipinski definition) is 3. The quantitative estimate of drug-likeness (QED) is 0.384. The van der Waals surface area contributed by atoms with Crippen molar-refractivity contribution in [2.24, 2.45) is 5.16 Å². The summed E-state index contributed by atoms with van der Waals surface area (Å²) >= 11 is 0. The van der Waals surface area contributed by atoms with Crippen molar-refractivity contribution in [1.82, 2.24) is 0 Å². The number of nitrogens with zero attached hydrogens (tertiary/aromatic N) is 1. The minimum atomic E-state index is -4.68. The lowest BCUT2D eigenvalue weighted by atomic mass is 9.81. The maximum atomic E-state index is 13.9. The highest BCUT2D eigenvalue weighted by atomic mass is 19.4. The SMILES string of the molecule is [2H]C([2H])([2H])/C(=N\OC([2H])([2H])c1ccc(C2CCCCC2)c(C(F)(F)F)c1)c1ccc(CO)c(CC)c1. The number of alkyl halides is 3. The van der Waals surface area contributed by atoms with Crippen LogP contribution in [0.5, 0.6) is 0 Å². The molecule has 1 aliphatic carbocycles. The van der Waals surface area contributed by atoms with Crippen LogP contribution in [0.4, 0.5) is 13.2 Å². The Balaban J connectivity index is 1.98. The zero-order valence-electron chi connectivity index (χ0n) is 22.4. The van der Waals surface area contributed by atoms with Gasteiger partial charge in [0.15, 0.2) is 0 Å². The molecule has 2 aromatic carbocycles. The van der Waals surface area contributed by atoms with Crippen LogP contribution in [-0.4, -0.2) is 10.8 Å². The van der Waals surface area contributed by atoms with Crippen molar-refractivity contribution in [3.63, 3.8) is 0 Å². The summed E-state index contributed by atoms with van der Waals surface area (Å²) in [5.74, 6) is -0.244. The first kappa shape index (κ1) is 17.2. The monoisotopic (exact) mass is 438 g/mol. The first-order valence-corrected chi connectivity index (χ1v) is 10.5. The van der Waals surface area contributed by atoms with E-state index >= 15 is 0 Å². The van der Waals surface area contributed by atoms with Crippen molar-refractivity contribution >= 4 is 5.71 Å². The number of aryl methyl sites for hydroxylation is 1.